The number of hydrogen-bond acceptors (Lipinski definition) is 2. The van der Waals surface area contributed by atoms with Crippen molar-refractivity contribution in [1.82, 2.24) is 0 Å². The minimum absolute atomic E-state index is 0.577. The van der Waals surface area contributed by atoms with E-state index in [1.165, 1.54) is 29.9 Å². The van der Waals surface area contributed by atoms with Gasteiger partial charge in [0.05, 0.1) is 0 Å². The lowest BCUT2D eigenvalue weighted by molar-refractivity contribution is 0.112. The first-order valence-electron chi connectivity index (χ1n) is 5.94. The Labute approximate surface area is 102 Å². The molecule has 86 valence electrons. The van der Waals surface area contributed by atoms with Crippen LogP contribution in [-0.4, -0.2) is 17.8 Å². The Morgan fingerprint density at radius 3 is 3.06 bits per heavy atom. The third kappa shape index (κ3) is 2.67. The normalized spacial score (nSPS) is 22.7. The van der Waals surface area contributed by atoms with Gasteiger partial charge in [0.1, 0.15) is 6.29 Å². The van der Waals surface area contributed by atoms with E-state index < -0.39 is 0 Å². The van der Waals surface area contributed by atoms with Crippen LogP contribution < -0.4 is 0 Å². The molecule has 0 radical (unpaired) electrons. The summed E-state index contributed by atoms with van der Waals surface area (Å²) in [5, 5.41) is 0. The lowest BCUT2D eigenvalue weighted by atomic mass is 9.85. The van der Waals surface area contributed by atoms with Crippen molar-refractivity contribution >= 4 is 18.0 Å². The predicted octanol–water partition coefficient (Wildman–Crippen LogP) is 3.75. The standard InChI is InChI=1S/C14H18OS/c1-11(14-6-3-7-16-10-14)13-5-2-4-12(8-13)9-15/h2,4-5,8-9,11,14H,3,6-7,10H2,1H3. The van der Waals surface area contributed by atoms with Crippen molar-refractivity contribution in [3.05, 3.63) is 35.4 Å². The van der Waals surface area contributed by atoms with Crippen LogP contribution in [0.4, 0.5) is 0 Å². The molecule has 0 amide bonds. The molecule has 1 aromatic carbocycles. The van der Waals surface area contributed by atoms with Crippen LogP contribution in [-0.2, 0) is 0 Å². The van der Waals surface area contributed by atoms with Crippen LogP contribution in [0.25, 0.3) is 0 Å². The van der Waals surface area contributed by atoms with Gasteiger partial charge in [0.2, 0.25) is 0 Å². The molecule has 2 heteroatoms. The SMILES string of the molecule is CC(c1cccc(C=O)c1)C1CCCSC1. The van der Waals surface area contributed by atoms with Crippen molar-refractivity contribution in [1.29, 1.82) is 0 Å². The summed E-state index contributed by atoms with van der Waals surface area (Å²) in [5.41, 5.74) is 2.12. The molecule has 1 aliphatic rings. The van der Waals surface area contributed by atoms with E-state index in [4.69, 9.17) is 0 Å². The van der Waals surface area contributed by atoms with Gasteiger partial charge >= 0.3 is 0 Å². The summed E-state index contributed by atoms with van der Waals surface area (Å²) in [6.45, 7) is 2.29. The molecule has 16 heavy (non-hydrogen) atoms. The molecule has 0 N–H and O–H groups in total. The average molecular weight is 234 g/mol. The zero-order valence-corrected chi connectivity index (χ0v) is 10.5. The molecular formula is C14H18OS. The van der Waals surface area contributed by atoms with Gasteiger partial charge in [-0.25, -0.2) is 0 Å². The van der Waals surface area contributed by atoms with Crippen molar-refractivity contribution in [3.63, 3.8) is 0 Å². The highest BCUT2D eigenvalue weighted by Gasteiger charge is 2.21. The van der Waals surface area contributed by atoms with Crippen molar-refractivity contribution in [2.75, 3.05) is 11.5 Å². The van der Waals surface area contributed by atoms with Gasteiger partial charge in [-0.3, -0.25) is 4.79 Å². The van der Waals surface area contributed by atoms with E-state index in [2.05, 4.69) is 24.8 Å². The molecule has 1 saturated heterocycles. The second kappa shape index (κ2) is 5.53. The fraction of sp³-hybridized carbons (Fsp3) is 0.500. The number of benzene rings is 1. The molecule has 2 atom stereocenters. The summed E-state index contributed by atoms with van der Waals surface area (Å²) in [6, 6.07) is 8.05. The van der Waals surface area contributed by atoms with Crippen molar-refractivity contribution in [3.8, 4) is 0 Å². The largest absolute Gasteiger partial charge is 0.298 e. The topological polar surface area (TPSA) is 17.1 Å². The fourth-order valence-electron chi connectivity index (χ4n) is 2.35. The summed E-state index contributed by atoms with van der Waals surface area (Å²) in [6.07, 6.45) is 3.61. The monoisotopic (exact) mass is 234 g/mol. The molecule has 0 aromatic heterocycles. The van der Waals surface area contributed by atoms with E-state index in [0.29, 0.717) is 5.92 Å². The number of thioether (sulfide) groups is 1. The predicted molar refractivity (Wildman–Crippen MR) is 70.3 cm³/mol. The third-order valence-corrected chi connectivity index (χ3v) is 4.72. The second-order valence-electron chi connectivity index (χ2n) is 4.55. The molecule has 2 unspecified atom stereocenters. The lowest BCUT2D eigenvalue weighted by Crippen LogP contribution is -2.17. The number of carbonyl (C=O) groups excluding carboxylic acids is 1. The molecule has 1 aliphatic heterocycles. The van der Waals surface area contributed by atoms with Gasteiger partial charge in [-0.15, -0.1) is 0 Å². The first kappa shape index (κ1) is 11.7. The molecule has 1 aromatic rings. The van der Waals surface area contributed by atoms with Crippen LogP contribution >= 0.6 is 11.8 Å². The van der Waals surface area contributed by atoms with Crippen LogP contribution in [0.1, 0.15) is 41.6 Å². The maximum absolute atomic E-state index is 10.8. The maximum atomic E-state index is 10.8. The Morgan fingerprint density at radius 1 is 1.50 bits per heavy atom. The van der Waals surface area contributed by atoms with Gasteiger partial charge in [0.15, 0.2) is 0 Å². The third-order valence-electron chi connectivity index (χ3n) is 3.48. The van der Waals surface area contributed by atoms with Crippen molar-refractivity contribution in [2.24, 2.45) is 5.92 Å². The van der Waals surface area contributed by atoms with E-state index in [9.17, 15) is 4.79 Å². The molecule has 1 heterocycles. The molecule has 0 bridgehead atoms. The van der Waals surface area contributed by atoms with E-state index in [0.717, 1.165) is 17.8 Å². The van der Waals surface area contributed by atoms with Gasteiger partial charge in [-0.2, -0.15) is 11.8 Å². The smallest absolute Gasteiger partial charge is 0.150 e. The number of aldehydes is 1. The van der Waals surface area contributed by atoms with Crippen molar-refractivity contribution in [2.45, 2.75) is 25.7 Å². The van der Waals surface area contributed by atoms with Crippen LogP contribution in [0.5, 0.6) is 0 Å². The van der Waals surface area contributed by atoms with Crippen LogP contribution in [0, 0.1) is 5.92 Å². The number of hydrogen-bond donors (Lipinski definition) is 0. The summed E-state index contributed by atoms with van der Waals surface area (Å²) < 4.78 is 0. The molecular weight excluding hydrogens is 216 g/mol. The highest BCUT2D eigenvalue weighted by Crippen LogP contribution is 2.34. The summed E-state index contributed by atoms with van der Waals surface area (Å²) in [4.78, 5) is 10.8. The number of rotatable bonds is 3. The molecule has 1 nitrogen and oxygen atoms in total. The Bertz CT molecular complexity index is 356. The van der Waals surface area contributed by atoms with Gasteiger partial charge in [0, 0.05) is 5.56 Å². The minimum Gasteiger partial charge on any atom is -0.298 e. The van der Waals surface area contributed by atoms with Crippen LogP contribution in [0.15, 0.2) is 24.3 Å². The highest BCUT2D eigenvalue weighted by molar-refractivity contribution is 7.99. The maximum Gasteiger partial charge on any atom is 0.150 e. The first-order chi connectivity index (χ1) is 7.81. The average Bonchev–Trinajstić information content (AvgIpc) is 2.39. The van der Waals surface area contributed by atoms with Gasteiger partial charge in [-0.1, -0.05) is 25.1 Å². The zero-order chi connectivity index (χ0) is 11.4. The van der Waals surface area contributed by atoms with E-state index in [1.807, 2.05) is 18.2 Å². The van der Waals surface area contributed by atoms with Crippen molar-refractivity contribution < 1.29 is 4.79 Å². The Morgan fingerprint density at radius 2 is 2.38 bits per heavy atom. The quantitative estimate of drug-likeness (QED) is 0.741. The molecule has 1 fully saturated rings. The van der Waals surface area contributed by atoms with E-state index in [1.54, 1.807) is 0 Å². The number of carbonyl (C=O) groups is 1. The second-order valence-corrected chi connectivity index (χ2v) is 5.70. The van der Waals surface area contributed by atoms with E-state index >= 15 is 0 Å². The van der Waals surface area contributed by atoms with Gasteiger partial charge in [0.25, 0.3) is 0 Å². The fourth-order valence-corrected chi connectivity index (χ4v) is 3.64. The van der Waals surface area contributed by atoms with Gasteiger partial charge in [-0.05, 0) is 47.8 Å². The van der Waals surface area contributed by atoms with Crippen LogP contribution in [0.3, 0.4) is 0 Å². The van der Waals surface area contributed by atoms with Gasteiger partial charge < -0.3 is 0 Å². The summed E-state index contributed by atoms with van der Waals surface area (Å²) in [7, 11) is 0. The zero-order valence-electron chi connectivity index (χ0n) is 9.69. The van der Waals surface area contributed by atoms with Crippen LogP contribution in [0.2, 0.25) is 0 Å². The minimum atomic E-state index is 0.577. The first-order valence-corrected chi connectivity index (χ1v) is 7.09. The lowest BCUT2D eigenvalue weighted by Gasteiger charge is -2.27. The Balaban J connectivity index is 2.12. The molecule has 0 aliphatic carbocycles. The molecule has 2 rings (SSSR count). The molecule has 0 spiro atoms. The summed E-state index contributed by atoms with van der Waals surface area (Å²) in [5.74, 6) is 3.94. The highest BCUT2D eigenvalue weighted by atomic mass is 32.2. The Hall–Kier alpha value is -0.760. The van der Waals surface area contributed by atoms with E-state index in [-0.39, 0.29) is 0 Å². The molecule has 0 saturated carbocycles. The summed E-state index contributed by atoms with van der Waals surface area (Å²) >= 11 is 2.07. The Kier molecular flexibility index (Phi) is 4.05.